The monoisotopic (exact) mass is 299 g/mol. The SMILES string of the molecule is CN1CCC2(c3cccc(Cl)c3)Oc3ccccc3C2C1. The van der Waals surface area contributed by atoms with Crippen LogP contribution in [-0.4, -0.2) is 25.0 Å². The summed E-state index contributed by atoms with van der Waals surface area (Å²) in [7, 11) is 2.18. The molecule has 2 nitrogen and oxygen atoms in total. The third kappa shape index (κ3) is 1.97. The van der Waals surface area contributed by atoms with Crippen molar-refractivity contribution in [3.63, 3.8) is 0 Å². The number of hydrogen-bond acceptors (Lipinski definition) is 2. The van der Waals surface area contributed by atoms with Crippen LogP contribution in [0.1, 0.15) is 23.5 Å². The van der Waals surface area contributed by atoms with Crippen LogP contribution < -0.4 is 4.74 Å². The van der Waals surface area contributed by atoms with Crippen LogP contribution in [0.4, 0.5) is 0 Å². The van der Waals surface area contributed by atoms with Gasteiger partial charge >= 0.3 is 0 Å². The van der Waals surface area contributed by atoms with E-state index < -0.39 is 0 Å². The van der Waals surface area contributed by atoms with E-state index in [1.807, 2.05) is 18.2 Å². The first-order valence-electron chi connectivity index (χ1n) is 7.41. The standard InChI is InChI=1S/C18H18ClNO/c1-20-10-9-18(13-5-4-6-14(19)11-13)16(12-20)15-7-2-3-8-17(15)21-18/h2-8,11,16H,9-10,12H2,1H3. The summed E-state index contributed by atoms with van der Waals surface area (Å²) in [5.41, 5.74) is 2.26. The minimum atomic E-state index is -0.263. The zero-order valence-corrected chi connectivity index (χ0v) is 12.8. The summed E-state index contributed by atoms with van der Waals surface area (Å²) in [6.45, 7) is 2.06. The number of para-hydroxylation sites is 1. The molecule has 2 aliphatic rings. The van der Waals surface area contributed by atoms with Crippen LogP contribution in [0.15, 0.2) is 48.5 Å². The van der Waals surface area contributed by atoms with E-state index in [0.29, 0.717) is 5.92 Å². The van der Waals surface area contributed by atoms with E-state index in [4.69, 9.17) is 16.3 Å². The molecule has 1 saturated heterocycles. The number of piperidine rings is 1. The molecule has 0 saturated carbocycles. The Hall–Kier alpha value is -1.51. The van der Waals surface area contributed by atoms with Gasteiger partial charge in [-0.05, 0) is 30.8 Å². The highest BCUT2D eigenvalue weighted by Gasteiger charge is 2.51. The molecule has 4 rings (SSSR count). The first-order chi connectivity index (χ1) is 10.2. The molecular weight excluding hydrogens is 282 g/mol. The Balaban J connectivity index is 1.87. The van der Waals surface area contributed by atoms with Crippen LogP contribution >= 0.6 is 11.6 Å². The summed E-state index contributed by atoms with van der Waals surface area (Å²) in [6.07, 6.45) is 0.989. The van der Waals surface area contributed by atoms with Gasteiger partial charge in [-0.3, -0.25) is 0 Å². The molecule has 2 unspecified atom stereocenters. The van der Waals surface area contributed by atoms with Gasteiger partial charge in [0.15, 0.2) is 0 Å². The lowest BCUT2D eigenvalue weighted by Gasteiger charge is -2.42. The van der Waals surface area contributed by atoms with Crippen molar-refractivity contribution in [2.45, 2.75) is 17.9 Å². The Morgan fingerprint density at radius 1 is 1.19 bits per heavy atom. The van der Waals surface area contributed by atoms with E-state index in [0.717, 1.165) is 30.3 Å². The van der Waals surface area contributed by atoms with Gasteiger partial charge < -0.3 is 9.64 Å². The summed E-state index contributed by atoms with van der Waals surface area (Å²) >= 11 is 6.23. The van der Waals surface area contributed by atoms with Gasteiger partial charge in [0.2, 0.25) is 0 Å². The molecule has 0 N–H and O–H groups in total. The molecule has 0 aromatic heterocycles. The number of hydrogen-bond donors (Lipinski definition) is 0. The summed E-state index contributed by atoms with van der Waals surface area (Å²) in [6, 6.07) is 16.6. The molecule has 2 atom stereocenters. The van der Waals surface area contributed by atoms with Crippen molar-refractivity contribution in [1.82, 2.24) is 4.90 Å². The van der Waals surface area contributed by atoms with Gasteiger partial charge in [0, 0.05) is 36.0 Å². The summed E-state index contributed by atoms with van der Waals surface area (Å²) in [5, 5.41) is 0.777. The molecule has 2 heterocycles. The lowest BCUT2D eigenvalue weighted by atomic mass is 9.74. The van der Waals surface area contributed by atoms with E-state index >= 15 is 0 Å². The van der Waals surface area contributed by atoms with Crippen molar-refractivity contribution < 1.29 is 4.74 Å². The van der Waals surface area contributed by atoms with Crippen molar-refractivity contribution in [3.8, 4) is 5.75 Å². The molecule has 2 aliphatic heterocycles. The lowest BCUT2D eigenvalue weighted by molar-refractivity contribution is 0.00703. The van der Waals surface area contributed by atoms with E-state index in [1.54, 1.807) is 0 Å². The molecule has 2 aromatic carbocycles. The Bertz CT molecular complexity index is 686. The zero-order valence-electron chi connectivity index (χ0n) is 12.1. The molecule has 0 bridgehead atoms. The first kappa shape index (κ1) is 13.2. The molecule has 0 aliphatic carbocycles. The van der Waals surface area contributed by atoms with Crippen molar-refractivity contribution >= 4 is 11.6 Å². The number of fused-ring (bicyclic) bond motifs is 3. The lowest BCUT2D eigenvalue weighted by Crippen LogP contribution is -2.47. The molecule has 0 radical (unpaired) electrons. The van der Waals surface area contributed by atoms with Crippen LogP contribution in [0, 0.1) is 0 Å². The number of rotatable bonds is 1. The van der Waals surface area contributed by atoms with Gasteiger partial charge in [-0.15, -0.1) is 0 Å². The highest BCUT2D eigenvalue weighted by molar-refractivity contribution is 6.30. The van der Waals surface area contributed by atoms with Crippen molar-refractivity contribution in [3.05, 3.63) is 64.7 Å². The maximum absolute atomic E-state index is 6.50. The normalized spacial score (nSPS) is 27.8. The molecule has 3 heteroatoms. The van der Waals surface area contributed by atoms with E-state index in [2.05, 4.69) is 42.3 Å². The minimum Gasteiger partial charge on any atom is -0.482 e. The van der Waals surface area contributed by atoms with E-state index in [9.17, 15) is 0 Å². The Morgan fingerprint density at radius 2 is 2.05 bits per heavy atom. The number of ether oxygens (including phenoxy) is 1. The van der Waals surface area contributed by atoms with Crippen molar-refractivity contribution in [1.29, 1.82) is 0 Å². The molecule has 1 fully saturated rings. The van der Waals surface area contributed by atoms with Gasteiger partial charge in [0.25, 0.3) is 0 Å². The number of benzene rings is 2. The highest BCUT2D eigenvalue weighted by Crippen LogP contribution is 2.54. The third-order valence-electron chi connectivity index (χ3n) is 4.82. The number of likely N-dealkylation sites (tertiary alicyclic amines) is 1. The van der Waals surface area contributed by atoms with Crippen LogP contribution in [0.2, 0.25) is 5.02 Å². The zero-order chi connectivity index (χ0) is 14.4. The molecule has 21 heavy (non-hydrogen) atoms. The van der Waals surface area contributed by atoms with Crippen LogP contribution in [0.3, 0.4) is 0 Å². The number of halogens is 1. The molecule has 108 valence electrons. The van der Waals surface area contributed by atoms with Crippen LogP contribution in [0.5, 0.6) is 5.75 Å². The van der Waals surface area contributed by atoms with Crippen LogP contribution in [0.25, 0.3) is 0 Å². The smallest absolute Gasteiger partial charge is 0.143 e. The quantitative estimate of drug-likeness (QED) is 0.788. The fraction of sp³-hybridized carbons (Fsp3) is 0.333. The molecular formula is C18H18ClNO. The topological polar surface area (TPSA) is 12.5 Å². The Kier molecular flexibility index (Phi) is 2.98. The van der Waals surface area contributed by atoms with Crippen molar-refractivity contribution in [2.24, 2.45) is 0 Å². The predicted molar refractivity (Wildman–Crippen MR) is 85.1 cm³/mol. The highest BCUT2D eigenvalue weighted by atomic mass is 35.5. The average molecular weight is 300 g/mol. The van der Waals surface area contributed by atoms with E-state index in [1.165, 1.54) is 11.1 Å². The minimum absolute atomic E-state index is 0.263. The Labute approximate surface area is 130 Å². The van der Waals surface area contributed by atoms with Crippen molar-refractivity contribution in [2.75, 3.05) is 20.1 Å². The Morgan fingerprint density at radius 3 is 2.90 bits per heavy atom. The van der Waals surface area contributed by atoms with Gasteiger partial charge in [-0.2, -0.15) is 0 Å². The fourth-order valence-electron chi connectivity index (χ4n) is 3.77. The fourth-order valence-corrected chi connectivity index (χ4v) is 3.96. The number of nitrogens with zero attached hydrogens (tertiary/aromatic N) is 1. The molecule has 2 aromatic rings. The maximum atomic E-state index is 6.50. The largest absolute Gasteiger partial charge is 0.482 e. The predicted octanol–water partition coefficient (Wildman–Crippen LogP) is 4.05. The van der Waals surface area contributed by atoms with E-state index in [-0.39, 0.29) is 5.60 Å². The van der Waals surface area contributed by atoms with Gasteiger partial charge in [0.1, 0.15) is 11.4 Å². The number of likely N-dealkylation sites (N-methyl/N-ethyl adjacent to an activating group) is 1. The first-order valence-corrected chi connectivity index (χ1v) is 7.79. The summed E-state index contributed by atoms with van der Waals surface area (Å²) < 4.78 is 6.50. The third-order valence-corrected chi connectivity index (χ3v) is 5.06. The summed E-state index contributed by atoms with van der Waals surface area (Å²) in [4.78, 5) is 2.39. The van der Waals surface area contributed by atoms with Gasteiger partial charge in [-0.1, -0.05) is 41.9 Å². The molecule has 0 amide bonds. The molecule has 0 spiro atoms. The maximum Gasteiger partial charge on any atom is 0.143 e. The second kappa shape index (κ2) is 4.75. The second-order valence-corrected chi connectivity index (χ2v) is 6.54. The van der Waals surface area contributed by atoms with Gasteiger partial charge in [0.05, 0.1) is 0 Å². The summed E-state index contributed by atoms with van der Waals surface area (Å²) in [5.74, 6) is 1.39. The van der Waals surface area contributed by atoms with Gasteiger partial charge in [-0.25, -0.2) is 0 Å². The average Bonchev–Trinajstić information content (AvgIpc) is 2.82. The second-order valence-electron chi connectivity index (χ2n) is 6.10. The van der Waals surface area contributed by atoms with Crippen LogP contribution in [-0.2, 0) is 5.60 Å².